The highest BCUT2D eigenvalue weighted by atomic mass is 35.5. The number of nitrogens with one attached hydrogen (secondary N) is 1. The number of nitrogens with zero attached hydrogens (tertiary/aromatic N) is 1. The van der Waals surface area contributed by atoms with Crippen LogP contribution in [0.2, 0.25) is 5.02 Å². The minimum absolute atomic E-state index is 0.0372. The molecule has 5 heteroatoms. The van der Waals surface area contributed by atoms with Crippen molar-refractivity contribution in [3.8, 4) is 0 Å². The Morgan fingerprint density at radius 1 is 1.17 bits per heavy atom. The predicted molar refractivity (Wildman–Crippen MR) is 94.9 cm³/mol. The summed E-state index contributed by atoms with van der Waals surface area (Å²) in [5.74, 6) is -0.458. The van der Waals surface area contributed by atoms with Gasteiger partial charge in [-0.2, -0.15) is 0 Å². The maximum absolute atomic E-state index is 12.5. The summed E-state index contributed by atoms with van der Waals surface area (Å²) in [6, 6.07) is 16.8. The van der Waals surface area contributed by atoms with Gasteiger partial charge in [0.1, 0.15) is 0 Å². The SMILES string of the molecule is C[C@@H](NC(=O)[C@@H]1CC(=O)N(c2ccc(Cl)cc2)C1)c1ccccc1. The molecule has 2 amide bonds. The van der Waals surface area contributed by atoms with Crippen LogP contribution in [0, 0.1) is 5.92 Å². The standard InChI is InChI=1S/C19H19ClN2O2/c1-13(14-5-3-2-4-6-14)21-19(24)15-11-18(23)22(12-15)17-9-7-16(20)8-10-17/h2-10,13,15H,11-12H2,1H3,(H,21,24)/t13-,15-/m1/s1. The minimum Gasteiger partial charge on any atom is -0.349 e. The molecule has 0 radical (unpaired) electrons. The second kappa shape index (κ2) is 7.05. The lowest BCUT2D eigenvalue weighted by Crippen LogP contribution is -2.34. The second-order valence-electron chi connectivity index (χ2n) is 6.02. The quantitative estimate of drug-likeness (QED) is 0.923. The van der Waals surface area contributed by atoms with Crippen molar-refractivity contribution in [1.82, 2.24) is 5.32 Å². The summed E-state index contributed by atoms with van der Waals surface area (Å²) in [5.41, 5.74) is 1.82. The maximum atomic E-state index is 12.5. The molecule has 1 saturated heterocycles. The number of carbonyl (C=O) groups excluding carboxylic acids is 2. The van der Waals surface area contributed by atoms with Crippen LogP contribution < -0.4 is 10.2 Å². The highest BCUT2D eigenvalue weighted by Gasteiger charge is 2.35. The second-order valence-corrected chi connectivity index (χ2v) is 6.46. The first-order chi connectivity index (χ1) is 11.5. The van der Waals surface area contributed by atoms with Crippen LogP contribution in [0.5, 0.6) is 0 Å². The van der Waals surface area contributed by atoms with Crippen molar-refractivity contribution < 1.29 is 9.59 Å². The molecule has 24 heavy (non-hydrogen) atoms. The Morgan fingerprint density at radius 2 is 1.83 bits per heavy atom. The van der Waals surface area contributed by atoms with Crippen LogP contribution in [0.4, 0.5) is 5.69 Å². The van der Waals surface area contributed by atoms with E-state index >= 15 is 0 Å². The Bertz CT molecular complexity index is 731. The highest BCUT2D eigenvalue weighted by molar-refractivity contribution is 6.30. The topological polar surface area (TPSA) is 49.4 Å². The predicted octanol–water partition coefficient (Wildman–Crippen LogP) is 3.57. The van der Waals surface area contributed by atoms with Crippen molar-refractivity contribution in [3.63, 3.8) is 0 Å². The van der Waals surface area contributed by atoms with Crippen LogP contribution in [-0.2, 0) is 9.59 Å². The summed E-state index contributed by atoms with van der Waals surface area (Å²) in [5, 5.41) is 3.62. The maximum Gasteiger partial charge on any atom is 0.227 e. The van der Waals surface area contributed by atoms with Crippen LogP contribution in [0.3, 0.4) is 0 Å². The number of rotatable bonds is 4. The van der Waals surface area contributed by atoms with E-state index in [1.165, 1.54) is 0 Å². The van der Waals surface area contributed by atoms with Gasteiger partial charge < -0.3 is 10.2 Å². The zero-order valence-electron chi connectivity index (χ0n) is 13.4. The van der Waals surface area contributed by atoms with Crippen LogP contribution in [0.25, 0.3) is 0 Å². The molecule has 0 unspecified atom stereocenters. The normalized spacial score (nSPS) is 18.5. The molecule has 2 aromatic carbocycles. The van der Waals surface area contributed by atoms with Gasteiger partial charge in [-0.1, -0.05) is 41.9 Å². The number of hydrogen-bond donors (Lipinski definition) is 1. The summed E-state index contributed by atoms with van der Waals surface area (Å²) >= 11 is 5.88. The van der Waals surface area contributed by atoms with Crippen LogP contribution in [-0.4, -0.2) is 18.4 Å². The van der Waals surface area contributed by atoms with Crippen molar-refractivity contribution in [2.24, 2.45) is 5.92 Å². The number of halogens is 1. The van der Waals surface area contributed by atoms with Gasteiger partial charge in [0, 0.05) is 23.7 Å². The largest absolute Gasteiger partial charge is 0.349 e. The van der Waals surface area contributed by atoms with E-state index in [-0.39, 0.29) is 30.2 Å². The molecule has 1 heterocycles. The summed E-state index contributed by atoms with van der Waals surface area (Å²) in [6.07, 6.45) is 0.232. The Morgan fingerprint density at radius 3 is 2.50 bits per heavy atom. The molecule has 124 valence electrons. The van der Waals surface area contributed by atoms with E-state index in [0.717, 1.165) is 11.3 Å². The number of anilines is 1. The van der Waals surface area contributed by atoms with Gasteiger partial charge in [0.05, 0.1) is 12.0 Å². The molecule has 4 nitrogen and oxygen atoms in total. The van der Waals surface area contributed by atoms with Gasteiger partial charge in [0.15, 0.2) is 0 Å². The van der Waals surface area contributed by atoms with Crippen molar-refractivity contribution in [2.75, 3.05) is 11.4 Å². The molecular weight excluding hydrogens is 324 g/mol. The summed E-state index contributed by atoms with van der Waals surface area (Å²) in [6.45, 7) is 2.34. The molecule has 0 saturated carbocycles. The highest BCUT2D eigenvalue weighted by Crippen LogP contribution is 2.27. The lowest BCUT2D eigenvalue weighted by atomic mass is 10.1. The van der Waals surface area contributed by atoms with E-state index in [2.05, 4.69) is 5.32 Å². The summed E-state index contributed by atoms with van der Waals surface area (Å²) < 4.78 is 0. The number of amides is 2. The van der Waals surface area contributed by atoms with Gasteiger partial charge >= 0.3 is 0 Å². The average molecular weight is 343 g/mol. The van der Waals surface area contributed by atoms with Crippen LogP contribution in [0.15, 0.2) is 54.6 Å². The fourth-order valence-corrected chi connectivity index (χ4v) is 3.04. The van der Waals surface area contributed by atoms with Crippen molar-refractivity contribution in [3.05, 3.63) is 65.2 Å². The molecule has 0 spiro atoms. The number of benzene rings is 2. The summed E-state index contributed by atoms with van der Waals surface area (Å²) in [4.78, 5) is 26.4. The molecule has 0 aromatic heterocycles. The Balaban J connectivity index is 1.64. The first-order valence-corrected chi connectivity index (χ1v) is 8.33. The lowest BCUT2D eigenvalue weighted by Gasteiger charge is -2.19. The van der Waals surface area contributed by atoms with E-state index < -0.39 is 0 Å². The zero-order valence-corrected chi connectivity index (χ0v) is 14.2. The molecule has 2 atom stereocenters. The van der Waals surface area contributed by atoms with Gasteiger partial charge in [-0.25, -0.2) is 0 Å². The molecule has 0 aliphatic carbocycles. The molecule has 1 aliphatic rings. The average Bonchev–Trinajstić information content (AvgIpc) is 2.98. The summed E-state index contributed by atoms with van der Waals surface area (Å²) in [7, 11) is 0. The molecule has 1 N–H and O–H groups in total. The van der Waals surface area contributed by atoms with Crippen molar-refractivity contribution in [1.29, 1.82) is 0 Å². The number of hydrogen-bond acceptors (Lipinski definition) is 2. The van der Waals surface area contributed by atoms with Crippen molar-refractivity contribution in [2.45, 2.75) is 19.4 Å². The van der Waals surface area contributed by atoms with Crippen LogP contribution in [0.1, 0.15) is 24.9 Å². The van der Waals surface area contributed by atoms with Gasteiger partial charge in [0.25, 0.3) is 0 Å². The van der Waals surface area contributed by atoms with Gasteiger partial charge in [-0.3, -0.25) is 9.59 Å². The van der Waals surface area contributed by atoms with E-state index in [4.69, 9.17) is 11.6 Å². The molecule has 3 rings (SSSR count). The lowest BCUT2D eigenvalue weighted by molar-refractivity contribution is -0.126. The van der Waals surface area contributed by atoms with E-state index in [1.807, 2.05) is 37.3 Å². The molecule has 1 aliphatic heterocycles. The number of carbonyl (C=O) groups is 2. The molecule has 2 aromatic rings. The zero-order chi connectivity index (χ0) is 17.1. The first kappa shape index (κ1) is 16.5. The van der Waals surface area contributed by atoms with E-state index in [0.29, 0.717) is 11.6 Å². The van der Waals surface area contributed by atoms with E-state index in [1.54, 1.807) is 29.2 Å². The third-order valence-corrected chi connectivity index (χ3v) is 4.54. The fraction of sp³-hybridized carbons (Fsp3) is 0.263. The molecule has 1 fully saturated rings. The monoisotopic (exact) mass is 342 g/mol. The Kier molecular flexibility index (Phi) is 4.86. The smallest absolute Gasteiger partial charge is 0.227 e. The van der Waals surface area contributed by atoms with Gasteiger partial charge in [-0.15, -0.1) is 0 Å². The fourth-order valence-electron chi connectivity index (χ4n) is 2.91. The van der Waals surface area contributed by atoms with Gasteiger partial charge in [0.2, 0.25) is 11.8 Å². The minimum atomic E-state index is -0.334. The van der Waals surface area contributed by atoms with Crippen LogP contribution >= 0.6 is 11.6 Å². The van der Waals surface area contributed by atoms with Crippen molar-refractivity contribution >= 4 is 29.1 Å². The Hall–Kier alpha value is -2.33. The van der Waals surface area contributed by atoms with E-state index in [9.17, 15) is 9.59 Å². The van der Waals surface area contributed by atoms with Gasteiger partial charge in [-0.05, 0) is 36.8 Å². The molecule has 0 bridgehead atoms. The third kappa shape index (κ3) is 3.60. The molecular formula is C19H19ClN2O2. The first-order valence-electron chi connectivity index (χ1n) is 7.96. The third-order valence-electron chi connectivity index (χ3n) is 4.29. The Labute approximate surface area is 146 Å².